The van der Waals surface area contributed by atoms with E-state index < -0.39 is 0 Å². The molecule has 2 aromatic carbocycles. The van der Waals surface area contributed by atoms with Crippen LogP contribution in [-0.4, -0.2) is 31.2 Å². The van der Waals surface area contributed by atoms with Crippen molar-refractivity contribution in [3.8, 4) is 0 Å². The second kappa shape index (κ2) is 7.45. The van der Waals surface area contributed by atoms with Gasteiger partial charge in [-0.15, -0.1) is 0 Å². The molecule has 0 aliphatic heterocycles. The third kappa shape index (κ3) is 4.07. The fraction of sp³-hybridized carbons (Fsp3) is 0.235. The molecule has 0 unspecified atom stereocenters. The molecular formula is C17H20N2O2. The van der Waals surface area contributed by atoms with Crippen LogP contribution >= 0.6 is 0 Å². The summed E-state index contributed by atoms with van der Waals surface area (Å²) in [6.45, 7) is 1.37. The summed E-state index contributed by atoms with van der Waals surface area (Å²) in [5.74, 6) is -0.0863. The highest BCUT2D eigenvalue weighted by atomic mass is 16.3. The fourth-order valence-electron chi connectivity index (χ4n) is 2.19. The molecule has 4 nitrogen and oxygen atoms in total. The lowest BCUT2D eigenvalue weighted by molar-refractivity contribution is 0.0963. The molecule has 2 aromatic rings. The van der Waals surface area contributed by atoms with Gasteiger partial charge in [-0.25, -0.2) is 0 Å². The Morgan fingerprint density at radius 1 is 1.10 bits per heavy atom. The van der Waals surface area contributed by atoms with Gasteiger partial charge in [0.1, 0.15) is 0 Å². The molecule has 0 fully saturated rings. The summed E-state index contributed by atoms with van der Waals surface area (Å²) in [5, 5.41) is 11.8. The van der Waals surface area contributed by atoms with E-state index in [4.69, 9.17) is 0 Å². The summed E-state index contributed by atoms with van der Waals surface area (Å²) in [7, 11) is 1.62. The molecule has 2 rings (SSSR count). The minimum Gasteiger partial charge on any atom is -0.395 e. The molecule has 0 aliphatic carbocycles. The number of nitrogens with one attached hydrogen (secondary N) is 1. The average Bonchev–Trinajstić information content (AvgIpc) is 2.55. The van der Waals surface area contributed by atoms with Crippen LogP contribution in [0.4, 0.5) is 5.69 Å². The Kier molecular flexibility index (Phi) is 5.35. The van der Waals surface area contributed by atoms with Crippen molar-refractivity contribution in [3.05, 3.63) is 65.7 Å². The number of nitrogens with zero attached hydrogens (tertiary/aromatic N) is 1. The molecule has 2 N–H and O–H groups in total. The largest absolute Gasteiger partial charge is 0.395 e. The van der Waals surface area contributed by atoms with Gasteiger partial charge in [0, 0.05) is 31.4 Å². The SMILES string of the molecule is CNC(=O)c1ccc(CN(CCO)c2ccccc2)cc1. The van der Waals surface area contributed by atoms with Gasteiger partial charge >= 0.3 is 0 Å². The number of hydrogen-bond donors (Lipinski definition) is 2. The lowest BCUT2D eigenvalue weighted by atomic mass is 10.1. The Bertz CT molecular complexity index is 567. The van der Waals surface area contributed by atoms with Crippen molar-refractivity contribution < 1.29 is 9.90 Å². The van der Waals surface area contributed by atoms with Crippen molar-refractivity contribution in [2.45, 2.75) is 6.54 Å². The van der Waals surface area contributed by atoms with Crippen LogP contribution in [0.25, 0.3) is 0 Å². The number of para-hydroxylation sites is 1. The maximum atomic E-state index is 11.5. The number of benzene rings is 2. The zero-order valence-electron chi connectivity index (χ0n) is 12.1. The lowest BCUT2D eigenvalue weighted by Gasteiger charge is -2.24. The summed E-state index contributed by atoms with van der Waals surface area (Å²) >= 11 is 0. The standard InChI is InChI=1S/C17H20N2O2/c1-18-17(21)15-9-7-14(8-10-15)13-19(11-12-20)16-5-3-2-4-6-16/h2-10,20H,11-13H2,1H3,(H,18,21). The molecule has 4 heteroatoms. The van der Waals surface area contributed by atoms with Gasteiger partial charge in [-0.2, -0.15) is 0 Å². The Balaban J connectivity index is 2.12. The molecule has 0 spiro atoms. The van der Waals surface area contributed by atoms with E-state index in [0.29, 0.717) is 18.7 Å². The minimum absolute atomic E-state index is 0.0863. The van der Waals surface area contributed by atoms with E-state index in [2.05, 4.69) is 10.2 Å². The van der Waals surface area contributed by atoms with Gasteiger partial charge in [0.15, 0.2) is 0 Å². The molecule has 0 saturated heterocycles. The van der Waals surface area contributed by atoms with Crippen LogP contribution in [-0.2, 0) is 6.54 Å². The van der Waals surface area contributed by atoms with Gasteiger partial charge in [-0.3, -0.25) is 4.79 Å². The quantitative estimate of drug-likeness (QED) is 0.853. The third-order valence-corrected chi connectivity index (χ3v) is 3.31. The van der Waals surface area contributed by atoms with Crippen molar-refractivity contribution >= 4 is 11.6 Å². The average molecular weight is 284 g/mol. The van der Waals surface area contributed by atoms with E-state index in [-0.39, 0.29) is 12.5 Å². The first-order chi connectivity index (χ1) is 10.2. The predicted octanol–water partition coefficient (Wildman–Crippen LogP) is 2.05. The number of carbonyl (C=O) groups excluding carboxylic acids is 1. The molecule has 0 aromatic heterocycles. The smallest absolute Gasteiger partial charge is 0.251 e. The molecule has 110 valence electrons. The number of amides is 1. The monoisotopic (exact) mass is 284 g/mol. The summed E-state index contributed by atoms with van der Waals surface area (Å²) in [5.41, 5.74) is 2.82. The lowest BCUT2D eigenvalue weighted by Crippen LogP contribution is -2.26. The van der Waals surface area contributed by atoms with E-state index in [0.717, 1.165) is 11.3 Å². The number of hydrogen-bond acceptors (Lipinski definition) is 3. The van der Waals surface area contributed by atoms with E-state index in [1.54, 1.807) is 7.05 Å². The topological polar surface area (TPSA) is 52.6 Å². The van der Waals surface area contributed by atoms with E-state index in [9.17, 15) is 9.90 Å². The first-order valence-electron chi connectivity index (χ1n) is 6.96. The van der Waals surface area contributed by atoms with Crippen LogP contribution in [0.3, 0.4) is 0 Å². The van der Waals surface area contributed by atoms with Gasteiger partial charge in [-0.1, -0.05) is 30.3 Å². The maximum absolute atomic E-state index is 11.5. The van der Waals surface area contributed by atoms with Gasteiger partial charge < -0.3 is 15.3 Å². The Hall–Kier alpha value is -2.33. The highest BCUT2D eigenvalue weighted by Gasteiger charge is 2.08. The first kappa shape index (κ1) is 15.1. The number of anilines is 1. The normalized spacial score (nSPS) is 10.2. The highest BCUT2D eigenvalue weighted by Crippen LogP contribution is 2.16. The number of aliphatic hydroxyl groups excluding tert-OH is 1. The second-order valence-electron chi connectivity index (χ2n) is 4.76. The predicted molar refractivity (Wildman–Crippen MR) is 84.4 cm³/mol. The van der Waals surface area contributed by atoms with Crippen LogP contribution < -0.4 is 10.2 Å². The van der Waals surface area contributed by atoms with E-state index >= 15 is 0 Å². The van der Waals surface area contributed by atoms with Crippen LogP contribution in [0, 0.1) is 0 Å². The number of rotatable bonds is 6. The number of carbonyl (C=O) groups is 1. The van der Waals surface area contributed by atoms with E-state index in [1.165, 1.54) is 0 Å². The summed E-state index contributed by atoms with van der Waals surface area (Å²) < 4.78 is 0. The van der Waals surface area contributed by atoms with Gasteiger partial charge in [0.05, 0.1) is 6.61 Å². The van der Waals surface area contributed by atoms with Gasteiger partial charge in [0.25, 0.3) is 5.91 Å². The number of aliphatic hydroxyl groups is 1. The minimum atomic E-state index is -0.0863. The second-order valence-corrected chi connectivity index (χ2v) is 4.76. The van der Waals surface area contributed by atoms with Crippen LogP contribution in [0.1, 0.15) is 15.9 Å². The Labute approximate surface area is 125 Å². The van der Waals surface area contributed by atoms with Crippen molar-refractivity contribution in [2.75, 3.05) is 25.1 Å². The highest BCUT2D eigenvalue weighted by molar-refractivity contribution is 5.93. The zero-order chi connectivity index (χ0) is 15.1. The molecule has 0 atom stereocenters. The Morgan fingerprint density at radius 2 is 1.76 bits per heavy atom. The molecule has 0 heterocycles. The van der Waals surface area contributed by atoms with Gasteiger partial charge in [0.2, 0.25) is 0 Å². The van der Waals surface area contributed by atoms with Gasteiger partial charge in [-0.05, 0) is 29.8 Å². The summed E-state index contributed by atoms with van der Waals surface area (Å²) in [6, 6.07) is 17.5. The molecule has 21 heavy (non-hydrogen) atoms. The molecule has 1 amide bonds. The van der Waals surface area contributed by atoms with Crippen molar-refractivity contribution in [3.63, 3.8) is 0 Å². The van der Waals surface area contributed by atoms with Crippen molar-refractivity contribution in [1.29, 1.82) is 0 Å². The van der Waals surface area contributed by atoms with Crippen molar-refractivity contribution in [2.24, 2.45) is 0 Å². The molecular weight excluding hydrogens is 264 g/mol. The molecule has 0 radical (unpaired) electrons. The molecule has 0 saturated carbocycles. The van der Waals surface area contributed by atoms with Crippen molar-refractivity contribution in [1.82, 2.24) is 5.32 Å². The van der Waals surface area contributed by atoms with Crippen LogP contribution in [0.15, 0.2) is 54.6 Å². The fourth-order valence-corrected chi connectivity index (χ4v) is 2.19. The first-order valence-corrected chi connectivity index (χ1v) is 6.96. The summed E-state index contributed by atoms with van der Waals surface area (Å²) in [6.07, 6.45) is 0. The zero-order valence-corrected chi connectivity index (χ0v) is 12.1. The molecule has 0 bridgehead atoms. The molecule has 0 aliphatic rings. The van der Waals surface area contributed by atoms with Crippen LogP contribution in [0.2, 0.25) is 0 Å². The Morgan fingerprint density at radius 3 is 2.33 bits per heavy atom. The third-order valence-electron chi connectivity index (χ3n) is 3.31. The van der Waals surface area contributed by atoms with Crippen LogP contribution in [0.5, 0.6) is 0 Å². The maximum Gasteiger partial charge on any atom is 0.251 e. The summed E-state index contributed by atoms with van der Waals surface area (Å²) in [4.78, 5) is 13.6. The van der Waals surface area contributed by atoms with E-state index in [1.807, 2.05) is 54.6 Å².